The molecule has 2 rings (SSSR count). The van der Waals surface area contributed by atoms with Gasteiger partial charge in [0.1, 0.15) is 5.75 Å². The normalized spacial score (nSPS) is 21.8. The monoisotopic (exact) mass is 276 g/mol. The highest BCUT2D eigenvalue weighted by Crippen LogP contribution is 2.29. The van der Waals surface area contributed by atoms with Crippen molar-refractivity contribution in [2.45, 2.75) is 18.4 Å². The smallest absolute Gasteiger partial charge is 0.262 e. The van der Waals surface area contributed by atoms with Crippen LogP contribution in [-0.4, -0.2) is 29.5 Å². The van der Waals surface area contributed by atoms with Crippen LogP contribution < -0.4 is 10.6 Å². The lowest BCUT2D eigenvalue weighted by Gasteiger charge is -2.12. The number of benzene rings is 1. The molecular weight excluding hydrogens is 266 g/mol. The molecule has 1 aromatic rings. The highest BCUT2D eigenvalue weighted by molar-refractivity contribution is 6.31. The van der Waals surface area contributed by atoms with E-state index in [1.165, 1.54) is 18.2 Å². The predicted molar refractivity (Wildman–Crippen MR) is 63.1 cm³/mol. The summed E-state index contributed by atoms with van der Waals surface area (Å²) < 4.78 is 25.8. The third-order valence-electron chi connectivity index (χ3n) is 2.64. The number of anilines is 1. The Bertz CT molecular complexity index is 482. The molecule has 1 aliphatic rings. The van der Waals surface area contributed by atoms with Gasteiger partial charge in [0.15, 0.2) is 0 Å². The molecule has 1 heterocycles. The molecule has 3 N–H and O–H groups in total. The van der Waals surface area contributed by atoms with Gasteiger partial charge in [-0.15, -0.1) is 0 Å². The highest BCUT2D eigenvalue weighted by atomic mass is 35.5. The first-order chi connectivity index (χ1) is 8.37. The number of amides is 1. The zero-order valence-electron chi connectivity index (χ0n) is 9.21. The van der Waals surface area contributed by atoms with Gasteiger partial charge < -0.3 is 10.4 Å². The summed E-state index contributed by atoms with van der Waals surface area (Å²) in [6, 6.07) is 3.14. The molecule has 0 saturated carbocycles. The van der Waals surface area contributed by atoms with E-state index in [4.69, 9.17) is 11.6 Å². The van der Waals surface area contributed by atoms with Crippen molar-refractivity contribution in [1.29, 1.82) is 0 Å². The number of phenolic OH excluding ortho intramolecular Hbond substituents is 1. The molecule has 1 unspecified atom stereocenters. The Labute approximate surface area is 107 Å². The largest absolute Gasteiger partial charge is 0.506 e. The molecule has 4 nitrogen and oxygen atoms in total. The van der Waals surface area contributed by atoms with E-state index >= 15 is 0 Å². The second-order valence-corrected chi connectivity index (χ2v) is 4.58. The Morgan fingerprint density at radius 1 is 1.56 bits per heavy atom. The van der Waals surface area contributed by atoms with Crippen LogP contribution in [0.5, 0.6) is 5.75 Å². The van der Waals surface area contributed by atoms with Crippen molar-refractivity contribution in [3.8, 4) is 5.75 Å². The lowest BCUT2D eigenvalue weighted by molar-refractivity contribution is -0.118. The fourth-order valence-corrected chi connectivity index (χ4v) is 1.90. The van der Waals surface area contributed by atoms with Crippen molar-refractivity contribution in [2.24, 2.45) is 0 Å². The first kappa shape index (κ1) is 13.0. The predicted octanol–water partition coefficient (Wildman–Crippen LogP) is 1.98. The van der Waals surface area contributed by atoms with Crippen LogP contribution in [-0.2, 0) is 4.79 Å². The van der Waals surface area contributed by atoms with Crippen LogP contribution in [0.3, 0.4) is 0 Å². The van der Waals surface area contributed by atoms with Gasteiger partial charge in [-0.25, -0.2) is 8.78 Å². The van der Waals surface area contributed by atoms with E-state index < -0.39 is 30.8 Å². The molecule has 1 fully saturated rings. The molecule has 1 saturated heterocycles. The molecule has 1 atom stereocenters. The van der Waals surface area contributed by atoms with Crippen LogP contribution in [0.15, 0.2) is 18.2 Å². The van der Waals surface area contributed by atoms with Crippen molar-refractivity contribution in [3.63, 3.8) is 0 Å². The van der Waals surface area contributed by atoms with Gasteiger partial charge in [0, 0.05) is 11.4 Å². The molecule has 0 bridgehead atoms. The van der Waals surface area contributed by atoms with E-state index in [2.05, 4.69) is 10.6 Å². The summed E-state index contributed by atoms with van der Waals surface area (Å²) in [5.74, 6) is -3.67. The molecule has 0 radical (unpaired) electrons. The van der Waals surface area contributed by atoms with E-state index in [0.29, 0.717) is 5.02 Å². The highest BCUT2D eigenvalue weighted by Gasteiger charge is 2.42. The molecule has 0 aliphatic carbocycles. The Morgan fingerprint density at radius 3 is 2.89 bits per heavy atom. The average Bonchev–Trinajstić information content (AvgIpc) is 2.64. The Hall–Kier alpha value is -1.40. The molecule has 0 spiro atoms. The van der Waals surface area contributed by atoms with Crippen molar-refractivity contribution < 1.29 is 18.7 Å². The number of nitrogens with one attached hydrogen (secondary N) is 2. The summed E-state index contributed by atoms with van der Waals surface area (Å²) in [4.78, 5) is 11.7. The van der Waals surface area contributed by atoms with Crippen molar-refractivity contribution in [1.82, 2.24) is 5.32 Å². The molecule has 0 aromatic heterocycles. The first-order valence-corrected chi connectivity index (χ1v) is 5.66. The maximum Gasteiger partial charge on any atom is 0.262 e. The Kier molecular flexibility index (Phi) is 3.41. The van der Waals surface area contributed by atoms with Crippen LogP contribution in [0.25, 0.3) is 0 Å². The Balaban J connectivity index is 2.06. The summed E-state index contributed by atoms with van der Waals surface area (Å²) in [7, 11) is 0. The summed E-state index contributed by atoms with van der Waals surface area (Å²) >= 11 is 5.71. The summed E-state index contributed by atoms with van der Waals surface area (Å²) in [6.07, 6.45) is -0.555. The molecule has 1 aliphatic heterocycles. The van der Waals surface area contributed by atoms with E-state index in [0.717, 1.165) is 0 Å². The number of aromatic hydroxyl groups is 1. The van der Waals surface area contributed by atoms with E-state index in [1.807, 2.05) is 0 Å². The summed E-state index contributed by atoms with van der Waals surface area (Å²) in [6.45, 7) is -0.521. The van der Waals surface area contributed by atoms with Crippen LogP contribution in [0.1, 0.15) is 6.42 Å². The third-order valence-corrected chi connectivity index (χ3v) is 2.88. The Morgan fingerprint density at radius 2 is 2.28 bits per heavy atom. The number of alkyl halides is 2. The number of hydrogen-bond acceptors (Lipinski definition) is 3. The number of hydrogen-bond donors (Lipinski definition) is 3. The molecule has 18 heavy (non-hydrogen) atoms. The van der Waals surface area contributed by atoms with Gasteiger partial charge >= 0.3 is 0 Å². The second kappa shape index (κ2) is 4.70. The maximum atomic E-state index is 12.9. The minimum Gasteiger partial charge on any atom is -0.506 e. The zero-order valence-corrected chi connectivity index (χ0v) is 9.97. The van der Waals surface area contributed by atoms with Crippen molar-refractivity contribution >= 4 is 23.2 Å². The SMILES string of the molecule is O=C(Nc1cc(Cl)ccc1O)C1CC(F)(F)CN1. The van der Waals surface area contributed by atoms with Gasteiger partial charge in [-0.05, 0) is 18.2 Å². The number of halogens is 3. The van der Waals surface area contributed by atoms with Gasteiger partial charge in [-0.2, -0.15) is 0 Å². The number of phenols is 1. The standard InChI is InChI=1S/C11H11ClF2N2O2/c12-6-1-2-9(17)7(3-6)16-10(18)8-4-11(13,14)5-15-8/h1-3,8,15,17H,4-5H2,(H,16,18). The average molecular weight is 277 g/mol. The van der Waals surface area contributed by atoms with Gasteiger partial charge in [0.05, 0.1) is 18.3 Å². The number of carbonyl (C=O) groups excluding carboxylic acids is 1. The molecule has 7 heteroatoms. The number of rotatable bonds is 2. The molecular formula is C11H11ClF2N2O2. The first-order valence-electron chi connectivity index (χ1n) is 5.28. The van der Waals surface area contributed by atoms with Gasteiger partial charge in [0.2, 0.25) is 5.91 Å². The fourth-order valence-electron chi connectivity index (χ4n) is 1.73. The van der Waals surface area contributed by atoms with E-state index in [1.54, 1.807) is 0 Å². The van der Waals surface area contributed by atoms with Crippen molar-refractivity contribution in [3.05, 3.63) is 23.2 Å². The molecule has 98 valence electrons. The van der Waals surface area contributed by atoms with Gasteiger partial charge in [0.25, 0.3) is 5.92 Å². The fraction of sp³-hybridized carbons (Fsp3) is 0.364. The van der Waals surface area contributed by atoms with Gasteiger partial charge in [-0.3, -0.25) is 10.1 Å². The topological polar surface area (TPSA) is 61.4 Å². The molecule has 1 amide bonds. The zero-order chi connectivity index (χ0) is 13.3. The molecule has 1 aromatic carbocycles. The third kappa shape index (κ3) is 2.88. The summed E-state index contributed by atoms with van der Waals surface area (Å²) in [5, 5.41) is 14.6. The van der Waals surface area contributed by atoms with Crippen LogP contribution in [0.2, 0.25) is 5.02 Å². The van der Waals surface area contributed by atoms with E-state index in [9.17, 15) is 18.7 Å². The summed E-state index contributed by atoms with van der Waals surface area (Å²) in [5.41, 5.74) is 0.101. The quantitative estimate of drug-likeness (QED) is 0.724. The lowest BCUT2D eigenvalue weighted by atomic mass is 10.2. The van der Waals surface area contributed by atoms with Crippen molar-refractivity contribution in [2.75, 3.05) is 11.9 Å². The van der Waals surface area contributed by atoms with Crippen LogP contribution in [0, 0.1) is 0 Å². The maximum absolute atomic E-state index is 12.9. The minimum atomic E-state index is -2.88. The number of carbonyl (C=O) groups is 1. The van der Waals surface area contributed by atoms with Gasteiger partial charge in [-0.1, -0.05) is 11.6 Å². The van der Waals surface area contributed by atoms with E-state index in [-0.39, 0.29) is 11.4 Å². The van der Waals surface area contributed by atoms with Crippen LogP contribution >= 0.6 is 11.6 Å². The lowest BCUT2D eigenvalue weighted by Crippen LogP contribution is -2.35. The van der Waals surface area contributed by atoms with Crippen LogP contribution in [0.4, 0.5) is 14.5 Å². The minimum absolute atomic E-state index is 0.101. The second-order valence-electron chi connectivity index (χ2n) is 4.14.